The molecular formula is C17H21FN2. The highest BCUT2D eigenvalue weighted by Gasteiger charge is 2.11. The largest absolute Gasteiger partial charge is 0.365 e. The SMILES string of the molecule is CCN(Cc1ccccc1)c1ccc(CNC)cc1F. The summed E-state index contributed by atoms with van der Waals surface area (Å²) in [7, 11) is 1.86. The molecule has 2 nitrogen and oxygen atoms in total. The van der Waals surface area contributed by atoms with Crippen LogP contribution in [-0.4, -0.2) is 13.6 Å². The van der Waals surface area contributed by atoms with Crippen molar-refractivity contribution in [2.75, 3.05) is 18.5 Å². The predicted molar refractivity (Wildman–Crippen MR) is 82.3 cm³/mol. The molecule has 2 rings (SSSR count). The monoisotopic (exact) mass is 272 g/mol. The molecule has 0 heterocycles. The molecular weight excluding hydrogens is 251 g/mol. The predicted octanol–water partition coefficient (Wildman–Crippen LogP) is 3.57. The molecule has 3 heteroatoms. The molecule has 2 aromatic carbocycles. The van der Waals surface area contributed by atoms with Crippen molar-refractivity contribution in [3.8, 4) is 0 Å². The Labute approximate surface area is 120 Å². The van der Waals surface area contributed by atoms with Gasteiger partial charge in [0.2, 0.25) is 0 Å². The second-order valence-corrected chi connectivity index (χ2v) is 4.82. The molecule has 0 amide bonds. The summed E-state index contributed by atoms with van der Waals surface area (Å²) < 4.78 is 14.2. The summed E-state index contributed by atoms with van der Waals surface area (Å²) in [6, 6.07) is 15.6. The third-order valence-corrected chi connectivity index (χ3v) is 3.33. The molecule has 0 radical (unpaired) electrons. The van der Waals surface area contributed by atoms with E-state index in [4.69, 9.17) is 0 Å². The first kappa shape index (κ1) is 14.5. The quantitative estimate of drug-likeness (QED) is 0.865. The van der Waals surface area contributed by atoms with E-state index < -0.39 is 0 Å². The molecule has 0 aliphatic carbocycles. The lowest BCUT2D eigenvalue weighted by molar-refractivity contribution is 0.614. The van der Waals surface area contributed by atoms with E-state index in [0.29, 0.717) is 12.2 Å². The average molecular weight is 272 g/mol. The second kappa shape index (κ2) is 7.06. The van der Waals surface area contributed by atoms with Gasteiger partial charge in [-0.25, -0.2) is 4.39 Å². The minimum absolute atomic E-state index is 0.157. The van der Waals surface area contributed by atoms with Crippen LogP contribution in [0.2, 0.25) is 0 Å². The Balaban J connectivity index is 2.19. The summed E-state index contributed by atoms with van der Waals surface area (Å²) in [5.74, 6) is -0.157. The van der Waals surface area contributed by atoms with Crippen LogP contribution in [0.3, 0.4) is 0 Å². The van der Waals surface area contributed by atoms with Gasteiger partial charge in [0, 0.05) is 19.6 Å². The minimum atomic E-state index is -0.157. The summed E-state index contributed by atoms with van der Waals surface area (Å²) in [5.41, 5.74) is 2.81. The van der Waals surface area contributed by atoms with Crippen LogP contribution in [0.25, 0.3) is 0 Å². The van der Waals surface area contributed by atoms with E-state index in [2.05, 4.69) is 17.4 Å². The average Bonchev–Trinajstić information content (AvgIpc) is 2.47. The summed E-state index contributed by atoms with van der Waals surface area (Å²) in [6.45, 7) is 4.22. The van der Waals surface area contributed by atoms with Crippen LogP contribution in [0, 0.1) is 5.82 Å². The molecule has 20 heavy (non-hydrogen) atoms. The van der Waals surface area contributed by atoms with Gasteiger partial charge in [-0.05, 0) is 37.2 Å². The zero-order chi connectivity index (χ0) is 14.4. The minimum Gasteiger partial charge on any atom is -0.365 e. The van der Waals surface area contributed by atoms with E-state index in [1.165, 1.54) is 5.56 Å². The van der Waals surface area contributed by atoms with E-state index in [0.717, 1.165) is 18.7 Å². The highest BCUT2D eigenvalue weighted by Crippen LogP contribution is 2.22. The molecule has 106 valence electrons. The van der Waals surface area contributed by atoms with Crippen LogP contribution in [-0.2, 0) is 13.1 Å². The molecule has 0 fully saturated rings. The first-order valence-corrected chi connectivity index (χ1v) is 6.96. The van der Waals surface area contributed by atoms with Crippen molar-refractivity contribution in [1.82, 2.24) is 5.32 Å². The number of nitrogens with one attached hydrogen (secondary N) is 1. The third-order valence-electron chi connectivity index (χ3n) is 3.33. The number of hydrogen-bond acceptors (Lipinski definition) is 2. The molecule has 0 unspecified atom stereocenters. The van der Waals surface area contributed by atoms with Gasteiger partial charge in [0.25, 0.3) is 0 Å². The number of hydrogen-bond donors (Lipinski definition) is 1. The van der Waals surface area contributed by atoms with Gasteiger partial charge in [-0.2, -0.15) is 0 Å². The summed E-state index contributed by atoms with van der Waals surface area (Å²) in [5, 5.41) is 3.03. The molecule has 1 N–H and O–H groups in total. The Bertz CT molecular complexity index is 540. The number of anilines is 1. The fraction of sp³-hybridized carbons (Fsp3) is 0.294. The Morgan fingerprint density at radius 2 is 1.80 bits per heavy atom. The van der Waals surface area contributed by atoms with Gasteiger partial charge in [-0.1, -0.05) is 36.4 Å². The summed E-state index contributed by atoms with van der Waals surface area (Å²) in [6.07, 6.45) is 0. The first-order valence-electron chi connectivity index (χ1n) is 6.96. The van der Waals surface area contributed by atoms with Crippen molar-refractivity contribution >= 4 is 5.69 Å². The summed E-state index contributed by atoms with van der Waals surface area (Å²) >= 11 is 0. The van der Waals surface area contributed by atoms with Gasteiger partial charge in [0.1, 0.15) is 5.82 Å². The van der Waals surface area contributed by atoms with Crippen molar-refractivity contribution in [2.45, 2.75) is 20.0 Å². The van der Waals surface area contributed by atoms with Crippen LogP contribution < -0.4 is 10.2 Å². The molecule has 0 atom stereocenters. The van der Waals surface area contributed by atoms with Crippen LogP contribution in [0.4, 0.5) is 10.1 Å². The van der Waals surface area contributed by atoms with Gasteiger partial charge < -0.3 is 10.2 Å². The van der Waals surface area contributed by atoms with Gasteiger partial charge in [-0.15, -0.1) is 0 Å². The molecule has 0 aliphatic rings. The van der Waals surface area contributed by atoms with Crippen molar-refractivity contribution < 1.29 is 4.39 Å². The van der Waals surface area contributed by atoms with Crippen LogP contribution in [0.1, 0.15) is 18.1 Å². The maximum absolute atomic E-state index is 14.2. The Kier molecular flexibility index (Phi) is 5.13. The van der Waals surface area contributed by atoms with Crippen molar-refractivity contribution in [3.63, 3.8) is 0 Å². The Hall–Kier alpha value is -1.87. The normalized spacial score (nSPS) is 10.6. The number of halogens is 1. The highest BCUT2D eigenvalue weighted by atomic mass is 19.1. The number of nitrogens with zero attached hydrogens (tertiary/aromatic N) is 1. The molecule has 0 saturated heterocycles. The maximum atomic E-state index is 14.2. The fourth-order valence-electron chi connectivity index (χ4n) is 2.29. The van der Waals surface area contributed by atoms with E-state index >= 15 is 0 Å². The smallest absolute Gasteiger partial charge is 0.146 e. The number of rotatable bonds is 6. The van der Waals surface area contributed by atoms with Crippen molar-refractivity contribution in [2.24, 2.45) is 0 Å². The molecule has 2 aromatic rings. The fourth-order valence-corrected chi connectivity index (χ4v) is 2.29. The first-order chi connectivity index (χ1) is 9.74. The lowest BCUT2D eigenvalue weighted by Crippen LogP contribution is -2.23. The van der Waals surface area contributed by atoms with Gasteiger partial charge in [0.05, 0.1) is 5.69 Å². The zero-order valence-electron chi connectivity index (χ0n) is 12.1. The lowest BCUT2D eigenvalue weighted by Gasteiger charge is -2.24. The van der Waals surface area contributed by atoms with Gasteiger partial charge in [0.15, 0.2) is 0 Å². The van der Waals surface area contributed by atoms with Crippen LogP contribution in [0.5, 0.6) is 0 Å². The maximum Gasteiger partial charge on any atom is 0.146 e. The summed E-state index contributed by atoms with van der Waals surface area (Å²) in [4.78, 5) is 2.05. The van der Waals surface area contributed by atoms with E-state index in [1.807, 2.05) is 49.2 Å². The Morgan fingerprint density at radius 3 is 2.40 bits per heavy atom. The topological polar surface area (TPSA) is 15.3 Å². The molecule has 0 bridgehead atoms. The van der Waals surface area contributed by atoms with E-state index in [1.54, 1.807) is 6.07 Å². The molecule has 0 saturated carbocycles. The van der Waals surface area contributed by atoms with Crippen molar-refractivity contribution in [1.29, 1.82) is 0 Å². The standard InChI is InChI=1S/C17H21FN2/c1-3-20(13-14-7-5-4-6-8-14)17-10-9-15(12-19-2)11-16(17)18/h4-11,19H,3,12-13H2,1-2H3. The molecule has 0 aliphatic heterocycles. The number of benzene rings is 2. The zero-order valence-corrected chi connectivity index (χ0v) is 12.1. The highest BCUT2D eigenvalue weighted by molar-refractivity contribution is 5.49. The molecule has 0 aromatic heterocycles. The van der Waals surface area contributed by atoms with Crippen molar-refractivity contribution in [3.05, 3.63) is 65.5 Å². The Morgan fingerprint density at radius 1 is 1.05 bits per heavy atom. The van der Waals surface area contributed by atoms with Crippen LogP contribution >= 0.6 is 0 Å². The van der Waals surface area contributed by atoms with Gasteiger partial charge >= 0.3 is 0 Å². The van der Waals surface area contributed by atoms with E-state index in [9.17, 15) is 4.39 Å². The lowest BCUT2D eigenvalue weighted by atomic mass is 10.1. The van der Waals surface area contributed by atoms with Crippen LogP contribution in [0.15, 0.2) is 48.5 Å². The second-order valence-electron chi connectivity index (χ2n) is 4.82. The third kappa shape index (κ3) is 3.58. The van der Waals surface area contributed by atoms with Gasteiger partial charge in [-0.3, -0.25) is 0 Å². The van der Waals surface area contributed by atoms with E-state index in [-0.39, 0.29) is 5.82 Å². The molecule has 0 spiro atoms.